The molecule has 0 aliphatic heterocycles. The van der Waals surface area contributed by atoms with Gasteiger partial charge in [0.1, 0.15) is 10.0 Å². The summed E-state index contributed by atoms with van der Waals surface area (Å²) >= 11 is 5.78. The zero-order valence-electron chi connectivity index (χ0n) is 9.61. The maximum Gasteiger partial charge on any atom is 0.243 e. The van der Waals surface area contributed by atoms with Crippen LogP contribution in [0.15, 0.2) is 23.2 Å². The van der Waals surface area contributed by atoms with Crippen molar-refractivity contribution in [2.45, 2.75) is 31.1 Å². The first-order chi connectivity index (χ1) is 7.93. The maximum absolute atomic E-state index is 12.0. The Morgan fingerprint density at radius 3 is 2.76 bits per heavy atom. The fourth-order valence-corrected chi connectivity index (χ4v) is 3.53. The molecule has 1 saturated carbocycles. The van der Waals surface area contributed by atoms with Crippen molar-refractivity contribution in [3.63, 3.8) is 0 Å². The smallest absolute Gasteiger partial charge is 0.243 e. The molecule has 1 fully saturated rings. The van der Waals surface area contributed by atoms with Crippen molar-refractivity contribution in [1.29, 1.82) is 0 Å². The van der Waals surface area contributed by atoms with Gasteiger partial charge in [0.05, 0.1) is 0 Å². The van der Waals surface area contributed by atoms with Gasteiger partial charge in [0, 0.05) is 12.7 Å². The van der Waals surface area contributed by atoms with E-state index in [-0.39, 0.29) is 15.5 Å². The fraction of sp³-hybridized carbons (Fsp3) is 0.545. The lowest BCUT2D eigenvalue weighted by Gasteiger charge is -2.38. The van der Waals surface area contributed by atoms with E-state index in [1.165, 1.54) is 18.7 Å². The summed E-state index contributed by atoms with van der Waals surface area (Å²) in [5.74, 6) is 0. The van der Waals surface area contributed by atoms with Gasteiger partial charge in [-0.15, -0.1) is 0 Å². The Labute approximate surface area is 106 Å². The lowest BCUT2D eigenvalue weighted by atomic mass is 9.71. The third-order valence-electron chi connectivity index (χ3n) is 3.26. The summed E-state index contributed by atoms with van der Waals surface area (Å²) in [6, 6.07) is 3.02. The fourth-order valence-electron chi connectivity index (χ4n) is 1.88. The van der Waals surface area contributed by atoms with Crippen molar-refractivity contribution in [1.82, 2.24) is 9.71 Å². The summed E-state index contributed by atoms with van der Waals surface area (Å²) in [5.41, 5.74) is 0.0990. The zero-order chi connectivity index (χ0) is 12.5. The van der Waals surface area contributed by atoms with Gasteiger partial charge in [0.2, 0.25) is 10.0 Å². The number of rotatable bonds is 4. The SMILES string of the molecule is CC1(CNS(=O)(=O)c2cccnc2Cl)CCC1. The molecule has 1 aliphatic rings. The van der Waals surface area contributed by atoms with Crippen LogP contribution in [0, 0.1) is 5.41 Å². The van der Waals surface area contributed by atoms with E-state index in [9.17, 15) is 8.42 Å². The summed E-state index contributed by atoms with van der Waals surface area (Å²) < 4.78 is 26.6. The average Bonchev–Trinajstić information content (AvgIpc) is 2.24. The van der Waals surface area contributed by atoms with Gasteiger partial charge in [-0.1, -0.05) is 24.9 Å². The molecule has 0 unspecified atom stereocenters. The van der Waals surface area contributed by atoms with Crippen LogP contribution in [0.1, 0.15) is 26.2 Å². The predicted molar refractivity (Wildman–Crippen MR) is 66.4 cm³/mol. The molecular weight excluding hydrogens is 260 g/mol. The van der Waals surface area contributed by atoms with Crippen molar-refractivity contribution in [2.24, 2.45) is 5.41 Å². The Morgan fingerprint density at radius 2 is 2.24 bits per heavy atom. The van der Waals surface area contributed by atoms with Crippen molar-refractivity contribution in [2.75, 3.05) is 6.54 Å². The molecule has 0 radical (unpaired) electrons. The zero-order valence-corrected chi connectivity index (χ0v) is 11.2. The van der Waals surface area contributed by atoms with Gasteiger partial charge in [-0.25, -0.2) is 18.1 Å². The number of halogens is 1. The number of nitrogens with zero attached hydrogens (tertiary/aromatic N) is 1. The molecule has 6 heteroatoms. The summed E-state index contributed by atoms with van der Waals surface area (Å²) in [5, 5.41) is 0.0127. The van der Waals surface area contributed by atoms with Crippen LogP contribution < -0.4 is 4.72 Å². The van der Waals surface area contributed by atoms with E-state index < -0.39 is 10.0 Å². The highest BCUT2D eigenvalue weighted by molar-refractivity contribution is 7.89. The van der Waals surface area contributed by atoms with Crippen LogP contribution in [0.4, 0.5) is 0 Å². The first-order valence-corrected chi connectivity index (χ1v) is 7.39. The quantitative estimate of drug-likeness (QED) is 0.857. The predicted octanol–water partition coefficient (Wildman–Crippen LogP) is 2.20. The van der Waals surface area contributed by atoms with Crippen LogP contribution in [0.3, 0.4) is 0 Å². The molecule has 0 atom stereocenters. The summed E-state index contributed by atoms with van der Waals surface area (Å²) in [6.45, 7) is 2.55. The Hall–Kier alpha value is -0.650. The monoisotopic (exact) mass is 274 g/mol. The van der Waals surface area contributed by atoms with Gasteiger partial charge in [-0.3, -0.25) is 0 Å². The first kappa shape index (κ1) is 12.8. The van der Waals surface area contributed by atoms with Crippen LogP contribution in [-0.4, -0.2) is 19.9 Å². The van der Waals surface area contributed by atoms with Gasteiger partial charge >= 0.3 is 0 Å². The van der Waals surface area contributed by atoms with Crippen molar-refractivity contribution in [3.05, 3.63) is 23.5 Å². The van der Waals surface area contributed by atoms with E-state index >= 15 is 0 Å². The topological polar surface area (TPSA) is 59.1 Å². The number of aromatic nitrogens is 1. The van der Waals surface area contributed by atoms with E-state index in [2.05, 4.69) is 16.6 Å². The molecule has 1 aromatic heterocycles. The molecule has 0 saturated heterocycles. The molecule has 1 aliphatic carbocycles. The number of hydrogen-bond donors (Lipinski definition) is 1. The summed E-state index contributed by atoms with van der Waals surface area (Å²) in [4.78, 5) is 3.82. The van der Waals surface area contributed by atoms with Crippen LogP contribution >= 0.6 is 11.6 Å². The Morgan fingerprint density at radius 1 is 1.53 bits per heavy atom. The lowest BCUT2D eigenvalue weighted by Crippen LogP contribution is -2.40. The molecule has 0 amide bonds. The Kier molecular flexibility index (Phi) is 3.43. The normalized spacial score (nSPS) is 18.7. The molecular formula is C11H15ClN2O2S. The number of sulfonamides is 1. The van der Waals surface area contributed by atoms with Crippen LogP contribution in [0.25, 0.3) is 0 Å². The van der Waals surface area contributed by atoms with Crippen molar-refractivity contribution in [3.8, 4) is 0 Å². The minimum Gasteiger partial charge on any atom is -0.243 e. The van der Waals surface area contributed by atoms with Crippen LogP contribution in [0.2, 0.25) is 5.15 Å². The number of nitrogens with one attached hydrogen (secondary N) is 1. The second kappa shape index (κ2) is 4.55. The molecule has 0 spiro atoms. The minimum atomic E-state index is -3.54. The second-order valence-corrected chi connectivity index (χ2v) is 6.87. The average molecular weight is 275 g/mol. The van der Waals surface area contributed by atoms with Gasteiger partial charge in [0.15, 0.2) is 0 Å². The van der Waals surface area contributed by atoms with Gasteiger partial charge in [-0.05, 0) is 30.4 Å². The maximum atomic E-state index is 12.0. The number of hydrogen-bond acceptors (Lipinski definition) is 3. The van der Waals surface area contributed by atoms with Gasteiger partial charge < -0.3 is 0 Å². The molecule has 94 valence electrons. The third-order valence-corrected chi connectivity index (χ3v) is 5.11. The lowest BCUT2D eigenvalue weighted by molar-refractivity contribution is 0.166. The Bertz CT molecular complexity index is 512. The molecule has 17 heavy (non-hydrogen) atoms. The molecule has 0 bridgehead atoms. The minimum absolute atomic E-state index is 0.0127. The van der Waals surface area contributed by atoms with E-state index in [4.69, 9.17) is 11.6 Å². The van der Waals surface area contributed by atoms with Crippen molar-refractivity contribution >= 4 is 21.6 Å². The molecule has 1 heterocycles. The molecule has 2 rings (SSSR count). The highest BCUT2D eigenvalue weighted by atomic mass is 35.5. The van der Waals surface area contributed by atoms with Crippen LogP contribution in [-0.2, 0) is 10.0 Å². The molecule has 4 nitrogen and oxygen atoms in total. The van der Waals surface area contributed by atoms with Gasteiger partial charge in [-0.2, -0.15) is 0 Å². The van der Waals surface area contributed by atoms with Crippen molar-refractivity contribution < 1.29 is 8.42 Å². The van der Waals surface area contributed by atoms with E-state index in [1.807, 2.05) is 0 Å². The Balaban J connectivity index is 2.12. The van der Waals surface area contributed by atoms with Crippen LogP contribution in [0.5, 0.6) is 0 Å². The second-order valence-electron chi connectivity index (χ2n) is 4.78. The molecule has 0 aromatic carbocycles. The molecule has 1 aromatic rings. The standard InChI is InChI=1S/C11H15ClN2O2S/c1-11(5-3-6-11)8-14-17(15,16)9-4-2-7-13-10(9)12/h2,4,7,14H,3,5-6,8H2,1H3. The highest BCUT2D eigenvalue weighted by Gasteiger charge is 2.33. The summed E-state index contributed by atoms with van der Waals surface area (Å²) in [7, 11) is -3.54. The first-order valence-electron chi connectivity index (χ1n) is 5.53. The summed E-state index contributed by atoms with van der Waals surface area (Å²) in [6.07, 6.45) is 4.77. The number of pyridine rings is 1. The third kappa shape index (κ3) is 2.78. The van der Waals surface area contributed by atoms with E-state index in [0.717, 1.165) is 12.8 Å². The molecule has 1 N–H and O–H groups in total. The van der Waals surface area contributed by atoms with E-state index in [1.54, 1.807) is 6.07 Å². The highest BCUT2D eigenvalue weighted by Crippen LogP contribution is 2.39. The van der Waals surface area contributed by atoms with E-state index in [0.29, 0.717) is 6.54 Å². The largest absolute Gasteiger partial charge is 0.243 e. The van der Waals surface area contributed by atoms with Gasteiger partial charge in [0.25, 0.3) is 0 Å².